The Bertz CT molecular complexity index is 451. The third-order valence-corrected chi connectivity index (χ3v) is 5.02. The second kappa shape index (κ2) is 4.65. The van der Waals surface area contributed by atoms with Gasteiger partial charge in [0.05, 0.1) is 17.9 Å². The number of carbonyl (C=O) groups excluding carboxylic acids is 1. The van der Waals surface area contributed by atoms with Crippen LogP contribution in [0, 0.1) is 22.7 Å². The van der Waals surface area contributed by atoms with Crippen LogP contribution in [0.2, 0.25) is 0 Å². The van der Waals surface area contributed by atoms with E-state index in [0.29, 0.717) is 6.42 Å². The number of ether oxygens (including phenoxy) is 1. The minimum Gasteiger partial charge on any atom is -0.465 e. The van der Waals surface area contributed by atoms with Gasteiger partial charge >= 0.3 is 5.97 Å². The number of nitriles is 1. The smallest absolute Gasteiger partial charge is 0.326 e. The molecule has 0 N–H and O–H groups in total. The predicted octanol–water partition coefficient (Wildman–Crippen LogP) is 0.903. The molecule has 0 aromatic carbocycles. The van der Waals surface area contributed by atoms with Crippen LogP contribution in [0.3, 0.4) is 0 Å². The lowest BCUT2D eigenvalue weighted by atomic mass is 9.80. The van der Waals surface area contributed by atoms with E-state index in [-0.39, 0.29) is 18.9 Å². The van der Waals surface area contributed by atoms with Crippen molar-refractivity contribution in [1.82, 2.24) is 0 Å². The van der Waals surface area contributed by atoms with Gasteiger partial charge in [0, 0.05) is 6.26 Å². The maximum absolute atomic E-state index is 11.8. The Morgan fingerprint density at radius 1 is 1.59 bits per heavy atom. The summed E-state index contributed by atoms with van der Waals surface area (Å²) in [6, 6.07) is 1.97. The van der Waals surface area contributed by atoms with Crippen LogP contribution < -0.4 is 0 Å². The first-order chi connectivity index (χ1) is 7.78. The van der Waals surface area contributed by atoms with Gasteiger partial charge in [0.1, 0.15) is 9.84 Å². The van der Waals surface area contributed by atoms with Crippen molar-refractivity contribution >= 4 is 15.8 Å². The SMILES string of the molecule is CCOC(=O)[C@]1(C#N)C[C@H](S(C)(=O)=O)C[C@@H]1C. The number of esters is 1. The van der Waals surface area contributed by atoms with Gasteiger partial charge < -0.3 is 4.74 Å². The summed E-state index contributed by atoms with van der Waals surface area (Å²) >= 11 is 0. The zero-order chi connectivity index (χ0) is 13.3. The van der Waals surface area contributed by atoms with E-state index in [9.17, 15) is 18.5 Å². The fourth-order valence-corrected chi connectivity index (χ4v) is 3.52. The van der Waals surface area contributed by atoms with Gasteiger partial charge in [-0.3, -0.25) is 4.79 Å². The Balaban J connectivity index is 3.04. The lowest BCUT2D eigenvalue weighted by Crippen LogP contribution is -2.34. The van der Waals surface area contributed by atoms with Crippen LogP contribution in [0.4, 0.5) is 0 Å². The summed E-state index contributed by atoms with van der Waals surface area (Å²) in [4.78, 5) is 11.8. The molecule has 0 amide bonds. The maximum Gasteiger partial charge on any atom is 0.326 e. The van der Waals surface area contributed by atoms with Crippen LogP contribution in [0.25, 0.3) is 0 Å². The second-order valence-corrected chi connectivity index (χ2v) is 6.92. The fraction of sp³-hybridized carbons (Fsp3) is 0.818. The average molecular weight is 259 g/mol. The van der Waals surface area contributed by atoms with Crippen LogP contribution in [0.5, 0.6) is 0 Å². The van der Waals surface area contributed by atoms with Crippen LogP contribution in [-0.4, -0.2) is 32.5 Å². The largest absolute Gasteiger partial charge is 0.465 e. The molecule has 1 saturated carbocycles. The standard InChI is InChI=1S/C11H17NO4S/c1-4-16-10(13)11(7-12)6-9(5-8(11)2)17(3,14)15/h8-9H,4-6H2,1-3H3/t8-,9+,11-/m0/s1. The Hall–Kier alpha value is -1.09. The quantitative estimate of drug-likeness (QED) is 0.703. The van der Waals surface area contributed by atoms with E-state index in [4.69, 9.17) is 4.74 Å². The monoisotopic (exact) mass is 259 g/mol. The van der Waals surface area contributed by atoms with E-state index in [1.807, 2.05) is 6.07 Å². The molecule has 0 aliphatic heterocycles. The third-order valence-electron chi connectivity index (χ3n) is 3.45. The summed E-state index contributed by atoms with van der Waals surface area (Å²) in [5.41, 5.74) is -1.30. The Morgan fingerprint density at radius 2 is 2.18 bits per heavy atom. The van der Waals surface area contributed by atoms with Crippen LogP contribution in [0.1, 0.15) is 26.7 Å². The van der Waals surface area contributed by atoms with E-state index >= 15 is 0 Å². The van der Waals surface area contributed by atoms with Crippen LogP contribution >= 0.6 is 0 Å². The molecule has 0 spiro atoms. The number of hydrogen-bond donors (Lipinski definition) is 0. The number of rotatable bonds is 3. The van der Waals surface area contributed by atoms with Crippen molar-refractivity contribution in [2.45, 2.75) is 31.9 Å². The van der Waals surface area contributed by atoms with Crippen LogP contribution in [-0.2, 0) is 19.4 Å². The molecule has 6 heteroatoms. The van der Waals surface area contributed by atoms with Gasteiger partial charge in [0.15, 0.2) is 5.41 Å². The number of nitrogens with zero attached hydrogens (tertiary/aromatic N) is 1. The number of carbonyl (C=O) groups is 1. The lowest BCUT2D eigenvalue weighted by Gasteiger charge is -2.22. The van der Waals surface area contributed by atoms with E-state index < -0.39 is 26.5 Å². The van der Waals surface area contributed by atoms with Gasteiger partial charge in [-0.2, -0.15) is 5.26 Å². The Morgan fingerprint density at radius 3 is 2.53 bits per heavy atom. The van der Waals surface area contributed by atoms with Gasteiger partial charge in [0.25, 0.3) is 0 Å². The predicted molar refractivity (Wildman–Crippen MR) is 61.7 cm³/mol. The Kier molecular flexibility index (Phi) is 3.82. The summed E-state index contributed by atoms with van der Waals surface area (Å²) in [6.45, 7) is 3.58. The zero-order valence-electron chi connectivity index (χ0n) is 10.3. The van der Waals surface area contributed by atoms with Crippen molar-refractivity contribution in [1.29, 1.82) is 5.26 Å². The van der Waals surface area contributed by atoms with Crippen molar-refractivity contribution < 1.29 is 17.9 Å². The van der Waals surface area contributed by atoms with Crippen molar-refractivity contribution in [2.75, 3.05) is 12.9 Å². The Labute approximate surface area is 102 Å². The van der Waals surface area contributed by atoms with E-state index in [1.165, 1.54) is 0 Å². The average Bonchev–Trinajstić information content (AvgIpc) is 2.56. The summed E-state index contributed by atoms with van der Waals surface area (Å²) in [5.74, 6) is -0.896. The topological polar surface area (TPSA) is 84.2 Å². The lowest BCUT2D eigenvalue weighted by molar-refractivity contribution is -0.153. The molecule has 1 fully saturated rings. The van der Waals surface area contributed by atoms with Gasteiger partial charge in [-0.1, -0.05) is 6.92 Å². The molecule has 0 radical (unpaired) electrons. The summed E-state index contributed by atoms with van der Waals surface area (Å²) < 4.78 is 27.9. The minimum absolute atomic E-state index is 0.0440. The molecule has 1 aliphatic rings. The first-order valence-corrected chi connectivity index (χ1v) is 7.50. The molecule has 0 heterocycles. The molecule has 5 nitrogen and oxygen atoms in total. The molecule has 0 saturated heterocycles. The van der Waals surface area contributed by atoms with E-state index in [1.54, 1.807) is 13.8 Å². The highest BCUT2D eigenvalue weighted by Gasteiger charge is 2.54. The highest BCUT2D eigenvalue weighted by atomic mass is 32.2. The molecule has 3 atom stereocenters. The third kappa shape index (κ3) is 2.44. The molecular weight excluding hydrogens is 242 g/mol. The number of hydrogen-bond acceptors (Lipinski definition) is 5. The molecule has 0 aromatic heterocycles. The van der Waals surface area contributed by atoms with E-state index in [0.717, 1.165) is 6.26 Å². The van der Waals surface area contributed by atoms with Crippen molar-refractivity contribution in [3.8, 4) is 6.07 Å². The highest BCUT2D eigenvalue weighted by Crippen LogP contribution is 2.46. The summed E-state index contributed by atoms with van der Waals surface area (Å²) in [5, 5.41) is 8.60. The summed E-state index contributed by atoms with van der Waals surface area (Å²) in [6.07, 6.45) is 1.52. The zero-order valence-corrected chi connectivity index (χ0v) is 11.1. The molecule has 0 aromatic rings. The molecular formula is C11H17NO4S. The first kappa shape index (κ1) is 14.0. The van der Waals surface area contributed by atoms with Gasteiger partial charge in [-0.25, -0.2) is 8.42 Å². The minimum atomic E-state index is -3.22. The molecule has 17 heavy (non-hydrogen) atoms. The van der Waals surface area contributed by atoms with Crippen molar-refractivity contribution in [3.63, 3.8) is 0 Å². The molecule has 0 unspecified atom stereocenters. The summed E-state index contributed by atoms with van der Waals surface area (Å²) in [7, 11) is -3.22. The van der Waals surface area contributed by atoms with Gasteiger partial charge in [0.2, 0.25) is 0 Å². The maximum atomic E-state index is 11.8. The first-order valence-electron chi connectivity index (χ1n) is 5.55. The van der Waals surface area contributed by atoms with Crippen molar-refractivity contribution in [2.24, 2.45) is 11.3 Å². The van der Waals surface area contributed by atoms with Gasteiger partial charge in [-0.15, -0.1) is 0 Å². The molecule has 1 aliphatic carbocycles. The molecule has 0 bridgehead atoms. The normalized spacial score (nSPS) is 33.1. The second-order valence-electron chi connectivity index (χ2n) is 4.60. The number of sulfone groups is 1. The molecule has 1 rings (SSSR count). The fourth-order valence-electron chi connectivity index (χ4n) is 2.31. The van der Waals surface area contributed by atoms with Crippen molar-refractivity contribution in [3.05, 3.63) is 0 Å². The van der Waals surface area contributed by atoms with Crippen LogP contribution in [0.15, 0.2) is 0 Å². The highest BCUT2D eigenvalue weighted by molar-refractivity contribution is 7.91. The van der Waals surface area contributed by atoms with Gasteiger partial charge in [-0.05, 0) is 25.7 Å². The van der Waals surface area contributed by atoms with E-state index in [2.05, 4.69) is 0 Å². The molecule has 96 valence electrons.